The van der Waals surface area contributed by atoms with E-state index in [1.807, 2.05) is 6.92 Å². The minimum absolute atomic E-state index is 0.116. The van der Waals surface area contributed by atoms with Crippen LogP contribution in [-0.2, 0) is 0 Å². The van der Waals surface area contributed by atoms with Crippen LogP contribution in [0.2, 0.25) is 0 Å². The Morgan fingerprint density at radius 1 is 1.57 bits per heavy atom. The molecule has 0 saturated heterocycles. The number of aromatic nitrogens is 1. The lowest BCUT2D eigenvalue weighted by Gasteiger charge is -2.13. The van der Waals surface area contributed by atoms with E-state index in [2.05, 4.69) is 10.3 Å². The molecule has 1 heterocycles. The minimum atomic E-state index is -0.296. The molecule has 0 bridgehead atoms. The minimum Gasteiger partial charge on any atom is -0.330 e. The van der Waals surface area contributed by atoms with Gasteiger partial charge in [0.15, 0.2) is 0 Å². The quantitative estimate of drug-likeness (QED) is 0.698. The van der Waals surface area contributed by atoms with Crippen LogP contribution < -0.4 is 11.1 Å². The normalized spacial score (nSPS) is 12.8. The highest BCUT2D eigenvalue weighted by Crippen LogP contribution is 2.11. The predicted molar refractivity (Wildman–Crippen MR) is 54.3 cm³/mol. The van der Waals surface area contributed by atoms with E-state index in [1.54, 1.807) is 6.20 Å². The molecule has 14 heavy (non-hydrogen) atoms. The second-order valence-corrected chi connectivity index (χ2v) is 3.25. The Bertz CT molecular complexity index is 278. The van der Waals surface area contributed by atoms with Crippen molar-refractivity contribution in [2.24, 2.45) is 5.73 Å². The van der Waals surface area contributed by atoms with E-state index in [0.29, 0.717) is 6.54 Å². The van der Waals surface area contributed by atoms with Gasteiger partial charge in [-0.3, -0.25) is 4.98 Å². The molecule has 1 rings (SSSR count). The third kappa shape index (κ3) is 3.40. The van der Waals surface area contributed by atoms with Gasteiger partial charge in [0.05, 0.1) is 6.20 Å². The summed E-state index contributed by atoms with van der Waals surface area (Å²) in [6.07, 6.45) is 3.80. The molecule has 1 aromatic heterocycles. The first-order valence-electron chi connectivity index (χ1n) is 4.78. The molecule has 1 atom stereocenters. The Morgan fingerprint density at radius 2 is 2.36 bits per heavy atom. The van der Waals surface area contributed by atoms with Gasteiger partial charge in [0.2, 0.25) is 0 Å². The molecule has 0 aliphatic rings. The highest BCUT2D eigenvalue weighted by atomic mass is 19.1. The third-order valence-electron chi connectivity index (χ3n) is 2.06. The molecule has 0 radical (unpaired) electrons. The van der Waals surface area contributed by atoms with E-state index >= 15 is 0 Å². The molecule has 1 unspecified atom stereocenters. The number of rotatable bonds is 5. The Morgan fingerprint density at radius 3 is 3.00 bits per heavy atom. The molecule has 0 saturated carbocycles. The van der Waals surface area contributed by atoms with Crippen LogP contribution in [0.3, 0.4) is 0 Å². The van der Waals surface area contributed by atoms with Crippen LogP contribution in [0.4, 0.5) is 4.39 Å². The topological polar surface area (TPSA) is 50.9 Å². The molecule has 0 aromatic carbocycles. The summed E-state index contributed by atoms with van der Waals surface area (Å²) in [5, 5.41) is 3.24. The maximum Gasteiger partial charge on any atom is 0.141 e. The van der Waals surface area contributed by atoms with Gasteiger partial charge in [-0.15, -0.1) is 0 Å². The summed E-state index contributed by atoms with van der Waals surface area (Å²) in [6, 6.07) is 1.61. The first-order valence-corrected chi connectivity index (χ1v) is 4.78. The molecule has 3 N–H and O–H groups in total. The first-order chi connectivity index (χ1) is 6.74. The predicted octanol–water partition coefficient (Wildman–Crippen LogP) is 1.22. The first kappa shape index (κ1) is 11.1. The van der Waals surface area contributed by atoms with Crippen molar-refractivity contribution in [3.63, 3.8) is 0 Å². The van der Waals surface area contributed by atoms with E-state index in [4.69, 9.17) is 5.73 Å². The lowest BCUT2D eigenvalue weighted by molar-refractivity contribution is 0.551. The summed E-state index contributed by atoms with van der Waals surface area (Å²) in [5.74, 6) is -0.296. The summed E-state index contributed by atoms with van der Waals surface area (Å²) >= 11 is 0. The van der Waals surface area contributed by atoms with Gasteiger partial charge < -0.3 is 11.1 Å². The molecule has 0 aliphatic heterocycles. The largest absolute Gasteiger partial charge is 0.330 e. The molecule has 0 fully saturated rings. The van der Waals surface area contributed by atoms with Gasteiger partial charge in [0, 0.05) is 12.2 Å². The van der Waals surface area contributed by atoms with Crippen LogP contribution in [0.1, 0.15) is 24.9 Å². The standard InChI is InChI=1S/C10H16FN3/c1-8(14-4-2-3-12)9-5-10(11)7-13-6-9/h5-8,14H,2-4,12H2,1H3. The van der Waals surface area contributed by atoms with Gasteiger partial charge in [-0.2, -0.15) is 0 Å². The lowest BCUT2D eigenvalue weighted by Crippen LogP contribution is -2.22. The smallest absolute Gasteiger partial charge is 0.141 e. The second kappa shape index (κ2) is 5.67. The van der Waals surface area contributed by atoms with Gasteiger partial charge in [-0.05, 0) is 38.1 Å². The molecule has 0 aliphatic carbocycles. The maximum atomic E-state index is 12.8. The molecular weight excluding hydrogens is 181 g/mol. The summed E-state index contributed by atoms with van der Waals surface area (Å²) in [6.45, 7) is 3.49. The monoisotopic (exact) mass is 197 g/mol. The van der Waals surface area contributed by atoms with Crippen molar-refractivity contribution in [2.45, 2.75) is 19.4 Å². The molecule has 3 nitrogen and oxygen atoms in total. The zero-order chi connectivity index (χ0) is 10.4. The van der Waals surface area contributed by atoms with E-state index in [1.165, 1.54) is 12.3 Å². The maximum absolute atomic E-state index is 12.8. The van der Waals surface area contributed by atoms with Crippen LogP contribution in [0, 0.1) is 5.82 Å². The van der Waals surface area contributed by atoms with E-state index in [0.717, 1.165) is 18.5 Å². The molecule has 0 amide bonds. The summed E-state index contributed by atoms with van der Waals surface area (Å²) < 4.78 is 12.8. The second-order valence-electron chi connectivity index (χ2n) is 3.25. The van der Waals surface area contributed by atoms with Crippen LogP contribution in [0.5, 0.6) is 0 Å². The average Bonchev–Trinajstić information content (AvgIpc) is 2.18. The van der Waals surface area contributed by atoms with Gasteiger partial charge >= 0.3 is 0 Å². The third-order valence-corrected chi connectivity index (χ3v) is 2.06. The van der Waals surface area contributed by atoms with Crippen molar-refractivity contribution in [1.29, 1.82) is 0 Å². The zero-order valence-electron chi connectivity index (χ0n) is 8.33. The Balaban J connectivity index is 2.47. The summed E-state index contributed by atoms with van der Waals surface area (Å²) in [5.41, 5.74) is 6.23. The van der Waals surface area contributed by atoms with Crippen LogP contribution in [0.25, 0.3) is 0 Å². The number of hydrogen-bond donors (Lipinski definition) is 2. The van der Waals surface area contributed by atoms with Gasteiger partial charge in [0.25, 0.3) is 0 Å². The van der Waals surface area contributed by atoms with Crippen molar-refractivity contribution in [1.82, 2.24) is 10.3 Å². The van der Waals surface area contributed by atoms with E-state index < -0.39 is 0 Å². The summed E-state index contributed by atoms with van der Waals surface area (Å²) in [7, 11) is 0. The van der Waals surface area contributed by atoms with Crippen molar-refractivity contribution >= 4 is 0 Å². The van der Waals surface area contributed by atoms with Crippen molar-refractivity contribution < 1.29 is 4.39 Å². The van der Waals surface area contributed by atoms with Crippen molar-refractivity contribution in [3.05, 3.63) is 29.8 Å². The highest BCUT2D eigenvalue weighted by molar-refractivity contribution is 5.13. The lowest BCUT2D eigenvalue weighted by atomic mass is 10.1. The van der Waals surface area contributed by atoms with E-state index in [-0.39, 0.29) is 11.9 Å². The molecule has 0 spiro atoms. The van der Waals surface area contributed by atoms with Crippen molar-refractivity contribution in [3.8, 4) is 0 Å². The SMILES string of the molecule is CC(NCCCN)c1cncc(F)c1. The molecule has 1 aromatic rings. The fourth-order valence-electron chi connectivity index (χ4n) is 1.20. The van der Waals surface area contributed by atoms with Gasteiger partial charge in [0.1, 0.15) is 5.82 Å². The zero-order valence-corrected chi connectivity index (χ0v) is 8.33. The molecular formula is C10H16FN3. The highest BCUT2D eigenvalue weighted by Gasteiger charge is 2.04. The average molecular weight is 197 g/mol. The number of pyridine rings is 1. The molecule has 78 valence electrons. The fraction of sp³-hybridized carbons (Fsp3) is 0.500. The Kier molecular flexibility index (Phi) is 4.49. The number of nitrogens with two attached hydrogens (primary N) is 1. The number of nitrogens with zero attached hydrogens (tertiary/aromatic N) is 1. The Labute approximate surface area is 83.5 Å². The fourth-order valence-corrected chi connectivity index (χ4v) is 1.20. The molecule has 4 heteroatoms. The van der Waals surface area contributed by atoms with E-state index in [9.17, 15) is 4.39 Å². The number of nitrogens with one attached hydrogen (secondary N) is 1. The van der Waals surface area contributed by atoms with Crippen molar-refractivity contribution in [2.75, 3.05) is 13.1 Å². The summed E-state index contributed by atoms with van der Waals surface area (Å²) in [4.78, 5) is 3.79. The number of hydrogen-bond acceptors (Lipinski definition) is 3. The van der Waals surface area contributed by atoms with Crippen LogP contribution in [0.15, 0.2) is 18.5 Å². The Hall–Kier alpha value is -1.00. The van der Waals surface area contributed by atoms with Gasteiger partial charge in [-0.1, -0.05) is 0 Å². The number of halogens is 1. The van der Waals surface area contributed by atoms with Crippen LogP contribution >= 0.6 is 0 Å². The van der Waals surface area contributed by atoms with Crippen LogP contribution in [-0.4, -0.2) is 18.1 Å². The van der Waals surface area contributed by atoms with Gasteiger partial charge in [-0.25, -0.2) is 4.39 Å².